The Morgan fingerprint density at radius 2 is 2.00 bits per heavy atom. The van der Waals surface area contributed by atoms with Crippen molar-refractivity contribution in [3.8, 4) is 0 Å². The maximum atomic E-state index is 12.3. The second kappa shape index (κ2) is 7.22. The Morgan fingerprint density at radius 1 is 1.33 bits per heavy atom. The molecule has 1 fully saturated rings. The van der Waals surface area contributed by atoms with Crippen molar-refractivity contribution in [1.82, 2.24) is 4.90 Å². The van der Waals surface area contributed by atoms with E-state index in [9.17, 15) is 4.79 Å². The number of nitrogens with zero attached hydrogens (tertiary/aromatic N) is 1. The molecule has 1 aromatic rings. The number of ether oxygens (including phenoxy) is 2. The summed E-state index contributed by atoms with van der Waals surface area (Å²) in [6.45, 7) is 11.4. The van der Waals surface area contributed by atoms with Gasteiger partial charge in [-0.2, -0.15) is 0 Å². The molecule has 2 rings (SSSR count). The Kier molecular flexibility index (Phi) is 5.88. The van der Waals surface area contributed by atoms with E-state index in [0.29, 0.717) is 24.7 Å². The first-order valence-electron chi connectivity index (χ1n) is 8.06. The molecule has 0 saturated carbocycles. The van der Waals surface area contributed by atoms with Crippen LogP contribution in [0.15, 0.2) is 22.7 Å². The predicted octanol–water partition coefficient (Wildman–Crippen LogP) is 5.02. The number of hydrogen-bond donors (Lipinski definition) is 0. The van der Waals surface area contributed by atoms with Gasteiger partial charge in [-0.05, 0) is 54.4 Å². The minimum Gasteiger partial charge on any atom is -0.444 e. The summed E-state index contributed by atoms with van der Waals surface area (Å²) in [5, 5.41) is 0.667. The van der Waals surface area contributed by atoms with Gasteiger partial charge in [-0.15, -0.1) is 0 Å². The summed E-state index contributed by atoms with van der Waals surface area (Å²) in [6.07, 6.45) is -0.420. The van der Waals surface area contributed by atoms with E-state index in [0.717, 1.165) is 10.0 Å². The number of benzene rings is 1. The first-order valence-corrected chi connectivity index (χ1v) is 9.23. The number of carbonyl (C=O) groups is 1. The van der Waals surface area contributed by atoms with Crippen molar-refractivity contribution < 1.29 is 14.3 Å². The molecule has 1 amide bonds. The number of rotatable bonds is 2. The van der Waals surface area contributed by atoms with E-state index in [-0.39, 0.29) is 17.6 Å². The van der Waals surface area contributed by atoms with Gasteiger partial charge in [0.15, 0.2) is 0 Å². The smallest absolute Gasteiger partial charge is 0.410 e. The molecule has 0 radical (unpaired) electrons. The van der Waals surface area contributed by atoms with Crippen LogP contribution in [0.25, 0.3) is 0 Å². The summed E-state index contributed by atoms with van der Waals surface area (Å²) in [6, 6.07) is 5.92. The minimum absolute atomic E-state index is 0.129. The molecular weight excluding hydrogens is 394 g/mol. The van der Waals surface area contributed by atoms with Gasteiger partial charge < -0.3 is 14.4 Å². The molecular formula is C18H25BrClNO3. The highest BCUT2D eigenvalue weighted by Crippen LogP contribution is 2.35. The maximum absolute atomic E-state index is 12.3. The van der Waals surface area contributed by atoms with Crippen LogP contribution < -0.4 is 0 Å². The number of hydrogen-bond acceptors (Lipinski definition) is 3. The summed E-state index contributed by atoms with van der Waals surface area (Å²) in [4.78, 5) is 14.1. The topological polar surface area (TPSA) is 38.8 Å². The molecule has 1 aromatic carbocycles. The molecule has 0 aliphatic carbocycles. The van der Waals surface area contributed by atoms with Gasteiger partial charge in [0.05, 0.1) is 24.3 Å². The summed E-state index contributed by atoms with van der Waals surface area (Å²) < 4.78 is 12.3. The number of amides is 1. The van der Waals surface area contributed by atoms with Crippen LogP contribution in [0.1, 0.15) is 40.2 Å². The lowest BCUT2D eigenvalue weighted by molar-refractivity contribution is -0.0667. The van der Waals surface area contributed by atoms with Crippen molar-refractivity contribution >= 4 is 33.6 Å². The van der Waals surface area contributed by atoms with E-state index < -0.39 is 5.60 Å². The SMILES string of the molecule is CC(C)(C)OC(=O)N1CCOC(C(C)(C)c2ccc(Br)c(Cl)c2)C1. The van der Waals surface area contributed by atoms with Crippen molar-refractivity contribution in [2.75, 3.05) is 19.7 Å². The lowest BCUT2D eigenvalue weighted by atomic mass is 9.78. The minimum atomic E-state index is -0.500. The summed E-state index contributed by atoms with van der Waals surface area (Å²) in [5.74, 6) is 0. The second-order valence-corrected chi connectivity index (χ2v) is 8.90. The van der Waals surface area contributed by atoms with Gasteiger partial charge in [0, 0.05) is 16.4 Å². The van der Waals surface area contributed by atoms with Crippen LogP contribution in [0.5, 0.6) is 0 Å². The fourth-order valence-corrected chi connectivity index (χ4v) is 3.09. The molecule has 1 aliphatic heterocycles. The zero-order valence-electron chi connectivity index (χ0n) is 14.9. The molecule has 6 heteroatoms. The Balaban J connectivity index is 2.15. The van der Waals surface area contributed by atoms with Crippen LogP contribution in [0, 0.1) is 0 Å². The highest BCUT2D eigenvalue weighted by atomic mass is 79.9. The highest BCUT2D eigenvalue weighted by Gasteiger charge is 2.38. The normalized spacial score (nSPS) is 19.3. The third-order valence-electron chi connectivity index (χ3n) is 4.19. The molecule has 1 saturated heterocycles. The highest BCUT2D eigenvalue weighted by molar-refractivity contribution is 9.10. The van der Waals surface area contributed by atoms with Gasteiger partial charge in [0.1, 0.15) is 5.60 Å². The molecule has 1 aliphatic rings. The van der Waals surface area contributed by atoms with E-state index in [4.69, 9.17) is 21.1 Å². The molecule has 1 unspecified atom stereocenters. The van der Waals surface area contributed by atoms with Gasteiger partial charge in [-0.25, -0.2) is 4.79 Å². The van der Waals surface area contributed by atoms with E-state index in [2.05, 4.69) is 29.8 Å². The van der Waals surface area contributed by atoms with E-state index in [1.807, 2.05) is 39.0 Å². The van der Waals surface area contributed by atoms with Crippen molar-refractivity contribution in [2.45, 2.75) is 51.7 Å². The monoisotopic (exact) mass is 417 g/mol. The summed E-state index contributed by atoms with van der Waals surface area (Å²) in [7, 11) is 0. The lowest BCUT2D eigenvalue weighted by Crippen LogP contribution is -2.53. The molecule has 1 heterocycles. The first-order chi connectivity index (χ1) is 11.0. The standard InChI is InChI=1S/C18H25BrClNO3/c1-17(2,3)24-16(22)21-8-9-23-15(11-21)18(4,5)12-6-7-13(19)14(20)10-12/h6-7,10,15H,8-9,11H2,1-5H3. The molecule has 1 atom stereocenters. The molecule has 0 aromatic heterocycles. The van der Waals surface area contributed by atoms with Crippen LogP contribution in [0.4, 0.5) is 4.79 Å². The Morgan fingerprint density at radius 3 is 2.58 bits per heavy atom. The number of halogens is 2. The second-order valence-electron chi connectivity index (χ2n) is 7.64. The first kappa shape index (κ1) is 19.5. The van der Waals surface area contributed by atoms with Crippen molar-refractivity contribution in [1.29, 1.82) is 0 Å². The van der Waals surface area contributed by atoms with Crippen molar-refractivity contribution in [3.63, 3.8) is 0 Å². The largest absolute Gasteiger partial charge is 0.444 e. The van der Waals surface area contributed by atoms with E-state index in [1.165, 1.54) is 0 Å². The molecule has 134 valence electrons. The molecule has 4 nitrogen and oxygen atoms in total. The van der Waals surface area contributed by atoms with Crippen LogP contribution >= 0.6 is 27.5 Å². The number of morpholine rings is 1. The quantitative estimate of drug-likeness (QED) is 0.677. The van der Waals surface area contributed by atoms with Gasteiger partial charge in [0.2, 0.25) is 0 Å². The Bertz CT molecular complexity index is 613. The lowest BCUT2D eigenvalue weighted by Gasteiger charge is -2.41. The van der Waals surface area contributed by atoms with E-state index >= 15 is 0 Å². The van der Waals surface area contributed by atoms with Crippen molar-refractivity contribution in [2.24, 2.45) is 0 Å². The zero-order valence-corrected chi connectivity index (χ0v) is 17.2. The molecule has 0 bridgehead atoms. The molecule has 0 spiro atoms. The third kappa shape index (κ3) is 4.64. The molecule has 24 heavy (non-hydrogen) atoms. The van der Waals surface area contributed by atoms with Crippen molar-refractivity contribution in [3.05, 3.63) is 33.3 Å². The summed E-state index contributed by atoms with van der Waals surface area (Å²) >= 11 is 9.65. The summed E-state index contributed by atoms with van der Waals surface area (Å²) in [5.41, 5.74) is 0.289. The third-order valence-corrected chi connectivity index (χ3v) is 5.42. The number of carbonyl (C=O) groups excluding carboxylic acids is 1. The van der Waals surface area contributed by atoms with Crippen LogP contribution in [0.3, 0.4) is 0 Å². The maximum Gasteiger partial charge on any atom is 0.410 e. The zero-order chi connectivity index (χ0) is 18.1. The Hall–Kier alpha value is -0.780. The average molecular weight is 419 g/mol. The fourth-order valence-electron chi connectivity index (χ4n) is 2.66. The average Bonchev–Trinajstić information content (AvgIpc) is 2.48. The van der Waals surface area contributed by atoms with Crippen LogP contribution in [-0.2, 0) is 14.9 Å². The Labute approximate surface area is 157 Å². The van der Waals surface area contributed by atoms with Gasteiger partial charge in [-0.1, -0.05) is 31.5 Å². The fraction of sp³-hybridized carbons (Fsp3) is 0.611. The van der Waals surface area contributed by atoms with Gasteiger partial charge >= 0.3 is 6.09 Å². The van der Waals surface area contributed by atoms with Crippen LogP contribution in [-0.4, -0.2) is 42.4 Å². The predicted molar refractivity (Wildman–Crippen MR) is 99.7 cm³/mol. The van der Waals surface area contributed by atoms with Gasteiger partial charge in [-0.3, -0.25) is 0 Å². The van der Waals surface area contributed by atoms with E-state index in [1.54, 1.807) is 4.90 Å². The van der Waals surface area contributed by atoms with Gasteiger partial charge in [0.25, 0.3) is 0 Å². The van der Waals surface area contributed by atoms with Crippen LogP contribution in [0.2, 0.25) is 5.02 Å². The molecule has 0 N–H and O–H groups in total.